The second-order valence-electron chi connectivity index (χ2n) is 3.66. The maximum atomic E-state index is 12.3. The number of nitrogens with zero attached hydrogens (tertiary/aromatic N) is 1. The number of ether oxygens (including phenoxy) is 1. The molecule has 7 heteroatoms. The average Bonchev–Trinajstić information content (AvgIpc) is 2.15. The van der Waals surface area contributed by atoms with Crippen LogP contribution < -0.4 is 10.5 Å². The van der Waals surface area contributed by atoms with Gasteiger partial charge in [-0.05, 0) is 13.0 Å². The summed E-state index contributed by atoms with van der Waals surface area (Å²) in [4.78, 5) is 14.8. The molecule has 1 unspecified atom stereocenters. The zero-order valence-electron chi connectivity index (χ0n) is 8.99. The van der Waals surface area contributed by atoms with E-state index in [1.807, 2.05) is 0 Å². The van der Waals surface area contributed by atoms with E-state index >= 15 is 0 Å². The number of hydrogen-bond acceptors (Lipinski definition) is 3. The van der Waals surface area contributed by atoms with E-state index in [9.17, 15) is 18.0 Å². The molecule has 0 aliphatic carbocycles. The minimum Gasteiger partial charge on any atom is -0.461 e. The van der Waals surface area contributed by atoms with Crippen molar-refractivity contribution in [2.75, 3.05) is 0 Å². The van der Waals surface area contributed by atoms with Crippen LogP contribution in [0.1, 0.15) is 13.3 Å². The molecule has 0 saturated heterocycles. The predicted octanol–water partition coefficient (Wildman–Crippen LogP) is 1.66. The van der Waals surface area contributed by atoms with E-state index in [4.69, 9.17) is 10.5 Å². The van der Waals surface area contributed by atoms with Crippen molar-refractivity contribution in [3.05, 3.63) is 24.4 Å². The van der Waals surface area contributed by atoms with Crippen molar-refractivity contribution in [1.82, 2.24) is 4.98 Å². The molecule has 0 aromatic carbocycles. The number of carbonyl (C=O) groups excluding carboxylic acids is 1. The van der Waals surface area contributed by atoms with Crippen LogP contribution in [-0.4, -0.2) is 22.7 Å². The molecule has 1 aromatic rings. The summed E-state index contributed by atoms with van der Waals surface area (Å²) in [5.74, 6) is -1.28. The summed E-state index contributed by atoms with van der Waals surface area (Å²) in [7, 11) is 0. The Kier molecular flexibility index (Phi) is 3.59. The molecular formula is C10H11F3N2O2. The van der Waals surface area contributed by atoms with Crippen LogP contribution in [0.15, 0.2) is 24.4 Å². The molecule has 4 nitrogen and oxygen atoms in total. The highest BCUT2D eigenvalue weighted by Gasteiger charge is 2.45. The van der Waals surface area contributed by atoms with Gasteiger partial charge in [0.1, 0.15) is 0 Å². The summed E-state index contributed by atoms with van der Waals surface area (Å²) in [6.45, 7) is 0.984. The second-order valence-corrected chi connectivity index (χ2v) is 3.66. The maximum absolute atomic E-state index is 12.3. The van der Waals surface area contributed by atoms with Gasteiger partial charge in [0.2, 0.25) is 5.88 Å². The molecule has 94 valence electrons. The Bertz CT molecular complexity index is 394. The lowest BCUT2D eigenvalue weighted by Gasteiger charge is -2.27. The number of halogens is 3. The summed E-state index contributed by atoms with van der Waals surface area (Å²) in [6.07, 6.45) is -4.69. The van der Waals surface area contributed by atoms with E-state index in [0.717, 1.165) is 6.92 Å². The van der Waals surface area contributed by atoms with E-state index in [1.54, 1.807) is 6.07 Å². The van der Waals surface area contributed by atoms with Crippen molar-refractivity contribution in [3.63, 3.8) is 0 Å². The fourth-order valence-electron chi connectivity index (χ4n) is 1.19. The first-order chi connectivity index (χ1) is 7.73. The number of amides is 1. The first kappa shape index (κ1) is 13.3. The van der Waals surface area contributed by atoms with Crippen LogP contribution in [0.4, 0.5) is 13.2 Å². The van der Waals surface area contributed by atoms with E-state index < -0.39 is 24.1 Å². The van der Waals surface area contributed by atoms with Crippen LogP contribution in [0.5, 0.6) is 5.88 Å². The zero-order valence-corrected chi connectivity index (χ0v) is 8.99. The standard InChI is InChI=1S/C10H11F3N2O2/c1-9(8(14)16,6-10(11,12)13)17-7-4-2-3-5-15-7/h2-5H,6H2,1H3,(H2,14,16). The molecule has 1 aromatic heterocycles. The van der Waals surface area contributed by atoms with Crippen LogP contribution in [0.25, 0.3) is 0 Å². The molecule has 2 N–H and O–H groups in total. The van der Waals surface area contributed by atoms with E-state index in [-0.39, 0.29) is 5.88 Å². The lowest BCUT2D eigenvalue weighted by atomic mass is 10.0. The van der Waals surface area contributed by atoms with E-state index in [0.29, 0.717) is 0 Å². The Balaban J connectivity index is 2.90. The fourth-order valence-corrected chi connectivity index (χ4v) is 1.19. The molecule has 0 spiro atoms. The molecule has 0 fully saturated rings. The first-order valence-electron chi connectivity index (χ1n) is 4.70. The number of nitrogens with two attached hydrogens (primary N) is 1. The summed E-state index contributed by atoms with van der Waals surface area (Å²) in [5, 5.41) is 0. The maximum Gasteiger partial charge on any atom is 0.393 e. The highest BCUT2D eigenvalue weighted by atomic mass is 19.4. The summed E-state index contributed by atoms with van der Waals surface area (Å²) in [6, 6.07) is 4.44. The number of carbonyl (C=O) groups is 1. The Labute approximate surface area is 95.6 Å². The van der Waals surface area contributed by atoms with Crippen LogP contribution >= 0.6 is 0 Å². The van der Waals surface area contributed by atoms with Gasteiger partial charge in [0, 0.05) is 12.3 Å². The van der Waals surface area contributed by atoms with Gasteiger partial charge in [0.25, 0.3) is 5.91 Å². The quantitative estimate of drug-likeness (QED) is 0.881. The minimum atomic E-state index is -4.56. The Hall–Kier alpha value is -1.79. The van der Waals surface area contributed by atoms with Crippen molar-refractivity contribution in [1.29, 1.82) is 0 Å². The lowest BCUT2D eigenvalue weighted by Crippen LogP contribution is -2.49. The first-order valence-corrected chi connectivity index (χ1v) is 4.70. The monoisotopic (exact) mass is 248 g/mol. The van der Waals surface area contributed by atoms with Crippen LogP contribution in [0.2, 0.25) is 0 Å². The predicted molar refractivity (Wildman–Crippen MR) is 53.1 cm³/mol. The molecule has 1 heterocycles. The second kappa shape index (κ2) is 4.60. The van der Waals surface area contributed by atoms with Gasteiger partial charge in [0.15, 0.2) is 5.60 Å². The van der Waals surface area contributed by atoms with Gasteiger partial charge < -0.3 is 10.5 Å². The van der Waals surface area contributed by atoms with Crippen molar-refractivity contribution < 1.29 is 22.7 Å². The summed E-state index contributed by atoms with van der Waals surface area (Å²) < 4.78 is 41.9. The van der Waals surface area contributed by atoms with Crippen LogP contribution in [-0.2, 0) is 4.79 Å². The Morgan fingerprint density at radius 3 is 2.53 bits per heavy atom. The fraction of sp³-hybridized carbons (Fsp3) is 0.400. The third-order valence-electron chi connectivity index (χ3n) is 2.03. The van der Waals surface area contributed by atoms with Crippen LogP contribution in [0.3, 0.4) is 0 Å². The Morgan fingerprint density at radius 1 is 1.47 bits per heavy atom. The number of pyridine rings is 1. The summed E-state index contributed by atoms with van der Waals surface area (Å²) >= 11 is 0. The highest BCUT2D eigenvalue weighted by molar-refractivity contribution is 5.83. The molecule has 1 amide bonds. The van der Waals surface area contributed by atoms with Crippen LogP contribution in [0, 0.1) is 0 Å². The van der Waals surface area contributed by atoms with E-state index in [1.165, 1.54) is 18.3 Å². The SMILES string of the molecule is CC(CC(F)(F)F)(Oc1ccccn1)C(N)=O. The smallest absolute Gasteiger partial charge is 0.393 e. The van der Waals surface area contributed by atoms with Gasteiger partial charge in [-0.15, -0.1) is 0 Å². The third-order valence-corrected chi connectivity index (χ3v) is 2.03. The van der Waals surface area contributed by atoms with Gasteiger partial charge in [0.05, 0.1) is 6.42 Å². The van der Waals surface area contributed by atoms with Gasteiger partial charge in [-0.25, -0.2) is 4.98 Å². The van der Waals surface area contributed by atoms with E-state index in [2.05, 4.69) is 4.98 Å². The van der Waals surface area contributed by atoms with Crippen molar-refractivity contribution in [2.24, 2.45) is 5.73 Å². The molecule has 0 aliphatic heterocycles. The minimum absolute atomic E-state index is 0.0851. The largest absolute Gasteiger partial charge is 0.461 e. The highest BCUT2D eigenvalue weighted by Crippen LogP contribution is 2.30. The lowest BCUT2D eigenvalue weighted by molar-refractivity contribution is -0.175. The van der Waals surface area contributed by atoms with Gasteiger partial charge in [-0.1, -0.05) is 6.07 Å². The zero-order chi connectivity index (χ0) is 13.1. The molecule has 1 rings (SSSR count). The van der Waals surface area contributed by atoms with Gasteiger partial charge >= 0.3 is 6.18 Å². The van der Waals surface area contributed by atoms with Gasteiger partial charge in [-0.2, -0.15) is 13.2 Å². The number of hydrogen-bond donors (Lipinski definition) is 1. The molecule has 0 aliphatic rings. The molecule has 1 atom stereocenters. The molecule has 0 radical (unpaired) electrons. The van der Waals surface area contributed by atoms with Gasteiger partial charge in [-0.3, -0.25) is 4.79 Å². The van der Waals surface area contributed by atoms with Crippen molar-refractivity contribution >= 4 is 5.91 Å². The molecular weight excluding hydrogens is 237 g/mol. The Morgan fingerprint density at radius 2 is 2.12 bits per heavy atom. The van der Waals surface area contributed by atoms with Crippen molar-refractivity contribution in [3.8, 4) is 5.88 Å². The number of primary amides is 1. The third kappa shape index (κ3) is 3.93. The topological polar surface area (TPSA) is 65.2 Å². The average molecular weight is 248 g/mol. The normalized spacial score (nSPS) is 15.1. The number of alkyl halides is 3. The molecule has 0 bridgehead atoms. The molecule has 17 heavy (non-hydrogen) atoms. The molecule has 0 saturated carbocycles. The summed E-state index contributed by atoms with van der Waals surface area (Å²) in [5.41, 5.74) is 2.77. The van der Waals surface area contributed by atoms with Crippen molar-refractivity contribution in [2.45, 2.75) is 25.1 Å². The number of rotatable bonds is 4. The number of aromatic nitrogens is 1.